The van der Waals surface area contributed by atoms with Crippen LogP contribution in [-0.2, 0) is 14.3 Å². The van der Waals surface area contributed by atoms with Crippen LogP contribution in [0.15, 0.2) is 73.3 Å². The number of nitrogens with one attached hydrogen (secondary N) is 2. The van der Waals surface area contributed by atoms with Crippen LogP contribution in [0.4, 0.5) is 10.5 Å². The molecule has 0 aromatic heterocycles. The highest BCUT2D eigenvalue weighted by molar-refractivity contribution is 6.00. The fraction of sp³-hybridized carbons (Fsp3) is 0.344. The molecule has 40 heavy (non-hydrogen) atoms. The number of alkyl carbamates (subject to hydrolysis) is 1. The molecule has 0 radical (unpaired) electrons. The molecule has 0 aliphatic heterocycles. The minimum atomic E-state index is -1.10. The first-order valence-corrected chi connectivity index (χ1v) is 13.4. The first kappa shape index (κ1) is 30.4. The minimum Gasteiger partial charge on any atom is -0.444 e. The van der Waals surface area contributed by atoms with Gasteiger partial charge in [0.2, 0.25) is 5.91 Å². The van der Waals surface area contributed by atoms with Gasteiger partial charge in [-0.15, -0.1) is 0 Å². The second-order valence-electron chi connectivity index (χ2n) is 11.0. The molecule has 3 amide bonds. The fourth-order valence-electron chi connectivity index (χ4n) is 4.41. The molecule has 0 heterocycles. The van der Waals surface area contributed by atoms with Gasteiger partial charge in [-0.05, 0) is 66.8 Å². The van der Waals surface area contributed by atoms with E-state index in [-0.39, 0.29) is 19.1 Å². The number of aliphatic hydroxyl groups excluding tert-OH is 1. The number of hydrogen-bond donors (Lipinski definition) is 3. The van der Waals surface area contributed by atoms with E-state index in [0.29, 0.717) is 11.3 Å². The highest BCUT2D eigenvalue weighted by atomic mass is 16.6. The van der Waals surface area contributed by atoms with E-state index in [1.54, 1.807) is 65.0 Å². The average Bonchev–Trinajstić information content (AvgIpc) is 2.90. The van der Waals surface area contributed by atoms with Crippen molar-refractivity contribution in [2.75, 3.05) is 18.5 Å². The quantitative estimate of drug-likeness (QED) is 0.310. The summed E-state index contributed by atoms with van der Waals surface area (Å²) in [6.07, 6.45) is 0.912. The van der Waals surface area contributed by atoms with Crippen molar-refractivity contribution in [3.63, 3.8) is 0 Å². The number of carbonyl (C=O) groups is 3. The van der Waals surface area contributed by atoms with Gasteiger partial charge in [0.25, 0.3) is 5.91 Å². The van der Waals surface area contributed by atoms with E-state index in [0.717, 1.165) is 16.3 Å². The Morgan fingerprint density at radius 3 is 2.33 bits per heavy atom. The summed E-state index contributed by atoms with van der Waals surface area (Å²) in [7, 11) is 0. The van der Waals surface area contributed by atoms with Crippen LogP contribution in [0, 0.1) is 5.92 Å². The maximum atomic E-state index is 14.0. The summed E-state index contributed by atoms with van der Waals surface area (Å²) in [6.45, 7) is 12.1. The van der Waals surface area contributed by atoms with Crippen LogP contribution in [0.25, 0.3) is 16.8 Å². The summed E-state index contributed by atoms with van der Waals surface area (Å²) >= 11 is 0. The van der Waals surface area contributed by atoms with Gasteiger partial charge in [-0.1, -0.05) is 75.0 Å². The number of ether oxygens (including phenoxy) is 1. The number of amides is 3. The molecule has 0 fully saturated rings. The topological polar surface area (TPSA) is 108 Å². The van der Waals surface area contributed by atoms with Crippen molar-refractivity contribution in [2.45, 2.75) is 52.3 Å². The van der Waals surface area contributed by atoms with Gasteiger partial charge in [0.05, 0.1) is 6.61 Å². The van der Waals surface area contributed by atoms with Gasteiger partial charge < -0.3 is 25.4 Å². The van der Waals surface area contributed by atoms with Crippen molar-refractivity contribution in [1.82, 2.24) is 10.2 Å². The number of hydrogen-bond acceptors (Lipinski definition) is 5. The molecule has 8 heteroatoms. The molecule has 0 saturated heterocycles. The van der Waals surface area contributed by atoms with Crippen LogP contribution < -0.4 is 10.6 Å². The number of aliphatic hydroxyl groups is 1. The second kappa shape index (κ2) is 13.3. The van der Waals surface area contributed by atoms with Crippen LogP contribution in [0.2, 0.25) is 0 Å². The molecule has 3 aromatic rings. The number of nitrogens with zero attached hydrogens (tertiary/aromatic N) is 1. The van der Waals surface area contributed by atoms with E-state index in [9.17, 15) is 19.5 Å². The molecular formula is C32H39N3O5. The molecular weight excluding hydrogens is 506 g/mol. The summed E-state index contributed by atoms with van der Waals surface area (Å²) in [4.78, 5) is 41.9. The monoisotopic (exact) mass is 545 g/mol. The fourth-order valence-corrected chi connectivity index (χ4v) is 4.41. The molecule has 0 aliphatic carbocycles. The standard InChI is InChI=1S/C32H39N3O5/c1-7-22-11-10-14-25(19-22)28(29(37)33-26-16-15-23-12-8-9-13-24(23)20-26)35(17-18-36)30(38)27(21(2)3)34-31(39)40-32(4,5)6/h7-16,19-21,27-28,36H,1,17-18H2,2-6H3,(H,33,37)(H,34,39). The number of anilines is 1. The summed E-state index contributed by atoms with van der Waals surface area (Å²) < 4.78 is 5.38. The van der Waals surface area contributed by atoms with E-state index in [1.807, 2.05) is 42.5 Å². The lowest BCUT2D eigenvalue weighted by Gasteiger charge is -2.35. The predicted molar refractivity (Wildman–Crippen MR) is 159 cm³/mol. The van der Waals surface area contributed by atoms with E-state index in [1.165, 1.54) is 4.90 Å². The largest absolute Gasteiger partial charge is 0.444 e. The van der Waals surface area contributed by atoms with Gasteiger partial charge in [0.15, 0.2) is 0 Å². The van der Waals surface area contributed by atoms with Crippen molar-refractivity contribution < 1.29 is 24.2 Å². The predicted octanol–water partition coefficient (Wildman–Crippen LogP) is 5.53. The third kappa shape index (κ3) is 7.93. The lowest BCUT2D eigenvalue weighted by Crippen LogP contribution is -2.55. The number of fused-ring (bicyclic) bond motifs is 1. The second-order valence-corrected chi connectivity index (χ2v) is 11.0. The van der Waals surface area contributed by atoms with Crippen LogP contribution in [0.3, 0.4) is 0 Å². The Kier molecular flexibility index (Phi) is 10.1. The minimum absolute atomic E-state index is 0.133. The Hall–Kier alpha value is -4.17. The molecule has 0 spiro atoms. The Balaban J connectivity index is 2.02. The van der Waals surface area contributed by atoms with E-state index >= 15 is 0 Å². The third-order valence-corrected chi connectivity index (χ3v) is 6.27. The smallest absolute Gasteiger partial charge is 0.408 e. The molecule has 2 atom stereocenters. The van der Waals surface area contributed by atoms with Crippen LogP contribution in [0.1, 0.15) is 51.8 Å². The Morgan fingerprint density at radius 2 is 1.70 bits per heavy atom. The molecule has 3 rings (SSSR count). The molecule has 0 aliphatic rings. The third-order valence-electron chi connectivity index (χ3n) is 6.27. The zero-order chi connectivity index (χ0) is 29.4. The van der Waals surface area contributed by atoms with Gasteiger partial charge in [0, 0.05) is 12.2 Å². The summed E-state index contributed by atoms with van der Waals surface area (Å²) in [5.74, 6) is -1.31. The molecule has 3 N–H and O–H groups in total. The zero-order valence-corrected chi connectivity index (χ0v) is 23.8. The first-order chi connectivity index (χ1) is 18.9. The van der Waals surface area contributed by atoms with E-state index in [4.69, 9.17) is 4.74 Å². The zero-order valence-electron chi connectivity index (χ0n) is 23.8. The molecule has 8 nitrogen and oxygen atoms in total. The normalized spacial score (nSPS) is 12.9. The molecule has 2 unspecified atom stereocenters. The maximum Gasteiger partial charge on any atom is 0.408 e. The van der Waals surface area contributed by atoms with Crippen LogP contribution in [0.5, 0.6) is 0 Å². The highest BCUT2D eigenvalue weighted by Crippen LogP contribution is 2.27. The Labute approximate surface area is 236 Å². The van der Waals surface area contributed by atoms with Gasteiger partial charge in [-0.2, -0.15) is 0 Å². The molecule has 0 bridgehead atoms. The lowest BCUT2D eigenvalue weighted by molar-refractivity contribution is -0.142. The van der Waals surface area contributed by atoms with E-state index < -0.39 is 35.6 Å². The van der Waals surface area contributed by atoms with Crippen LogP contribution in [-0.4, -0.2) is 52.7 Å². The number of carbonyl (C=O) groups excluding carboxylic acids is 3. The highest BCUT2D eigenvalue weighted by Gasteiger charge is 2.37. The molecule has 3 aromatic carbocycles. The van der Waals surface area contributed by atoms with Crippen molar-refractivity contribution >= 4 is 40.4 Å². The van der Waals surface area contributed by atoms with Gasteiger partial charge in [-0.3, -0.25) is 9.59 Å². The molecule has 212 valence electrons. The summed E-state index contributed by atoms with van der Waals surface area (Å²) in [6, 6.07) is 18.4. The SMILES string of the molecule is C=Cc1cccc(C(C(=O)Nc2ccc3ccccc3c2)N(CCO)C(=O)C(NC(=O)OC(C)(C)C)C(C)C)c1. The molecule has 0 saturated carbocycles. The lowest BCUT2D eigenvalue weighted by atomic mass is 9.97. The van der Waals surface area contributed by atoms with Crippen molar-refractivity contribution in [3.05, 3.63) is 84.4 Å². The maximum absolute atomic E-state index is 14.0. The van der Waals surface area contributed by atoms with Crippen molar-refractivity contribution in [1.29, 1.82) is 0 Å². The number of rotatable bonds is 10. The van der Waals surface area contributed by atoms with Gasteiger partial charge >= 0.3 is 6.09 Å². The van der Waals surface area contributed by atoms with Gasteiger partial charge in [0.1, 0.15) is 17.7 Å². The Bertz CT molecular complexity index is 1360. The van der Waals surface area contributed by atoms with E-state index in [2.05, 4.69) is 17.2 Å². The van der Waals surface area contributed by atoms with Crippen molar-refractivity contribution in [2.24, 2.45) is 5.92 Å². The average molecular weight is 546 g/mol. The summed E-state index contributed by atoms with van der Waals surface area (Å²) in [5.41, 5.74) is 1.12. The van der Waals surface area contributed by atoms with Crippen LogP contribution >= 0.6 is 0 Å². The summed E-state index contributed by atoms with van der Waals surface area (Å²) in [5, 5.41) is 17.6. The number of benzene rings is 3. The van der Waals surface area contributed by atoms with Crippen molar-refractivity contribution in [3.8, 4) is 0 Å². The Morgan fingerprint density at radius 1 is 1.00 bits per heavy atom. The first-order valence-electron chi connectivity index (χ1n) is 13.4. The van der Waals surface area contributed by atoms with Gasteiger partial charge in [-0.25, -0.2) is 4.79 Å².